The van der Waals surface area contributed by atoms with E-state index in [1.165, 1.54) is 13.1 Å². The lowest BCUT2D eigenvalue weighted by atomic mass is 10.1. The van der Waals surface area contributed by atoms with Gasteiger partial charge in [0.15, 0.2) is 5.69 Å². The first-order valence-corrected chi connectivity index (χ1v) is 9.16. The van der Waals surface area contributed by atoms with Crippen molar-refractivity contribution in [2.75, 3.05) is 18.5 Å². The van der Waals surface area contributed by atoms with Gasteiger partial charge in [0.2, 0.25) is 10.0 Å². The highest BCUT2D eigenvalue weighted by atomic mass is 32.2. The average Bonchev–Trinajstić information content (AvgIpc) is 3.20. The Morgan fingerprint density at radius 3 is 2.71 bits per heavy atom. The van der Waals surface area contributed by atoms with Crippen molar-refractivity contribution in [2.45, 2.75) is 31.1 Å². The van der Waals surface area contributed by atoms with E-state index in [1.807, 2.05) is 13.8 Å². The fourth-order valence-electron chi connectivity index (χ4n) is 2.67. The molecule has 3 rings (SSSR count). The molecule has 1 aliphatic heterocycles. The molecule has 24 heavy (non-hydrogen) atoms. The van der Waals surface area contributed by atoms with Crippen molar-refractivity contribution < 1.29 is 17.7 Å². The maximum Gasteiger partial charge on any atom is 0.280 e. The van der Waals surface area contributed by atoms with Crippen molar-refractivity contribution >= 4 is 21.6 Å². The van der Waals surface area contributed by atoms with Crippen LogP contribution in [0.15, 0.2) is 33.7 Å². The minimum atomic E-state index is -3.50. The summed E-state index contributed by atoms with van der Waals surface area (Å²) in [5, 5.41) is 3.85. The van der Waals surface area contributed by atoms with Crippen LogP contribution in [0, 0.1) is 0 Å². The summed E-state index contributed by atoms with van der Waals surface area (Å²) in [4.78, 5) is 14.5. The van der Waals surface area contributed by atoms with Crippen LogP contribution in [0.5, 0.6) is 0 Å². The number of nitrogens with zero attached hydrogens (tertiary/aromatic N) is 2. The number of nitrogens with one attached hydrogen (secondary N) is 1. The molecule has 0 aliphatic carbocycles. The third-order valence-corrected chi connectivity index (χ3v) is 5.50. The molecular weight excluding hydrogens is 330 g/mol. The van der Waals surface area contributed by atoms with Crippen molar-refractivity contribution in [2.24, 2.45) is 0 Å². The first-order valence-electron chi connectivity index (χ1n) is 7.68. The summed E-state index contributed by atoms with van der Waals surface area (Å²) in [7, 11) is -2.13. The van der Waals surface area contributed by atoms with E-state index >= 15 is 0 Å². The van der Waals surface area contributed by atoms with Gasteiger partial charge in [0, 0.05) is 24.2 Å². The summed E-state index contributed by atoms with van der Waals surface area (Å²) < 4.78 is 31.3. The summed E-state index contributed by atoms with van der Waals surface area (Å²) in [6.45, 7) is 4.41. The molecule has 1 aromatic heterocycles. The molecule has 8 heteroatoms. The van der Waals surface area contributed by atoms with Crippen LogP contribution in [0.4, 0.5) is 5.69 Å². The zero-order valence-corrected chi connectivity index (χ0v) is 14.6. The van der Waals surface area contributed by atoms with Gasteiger partial charge < -0.3 is 9.42 Å². The Bertz CT molecular complexity index is 886. The summed E-state index contributed by atoms with van der Waals surface area (Å²) in [6.07, 6.45) is 0.600. The van der Waals surface area contributed by atoms with Crippen molar-refractivity contribution in [3.05, 3.63) is 41.3 Å². The molecule has 0 spiro atoms. The van der Waals surface area contributed by atoms with E-state index in [0.717, 1.165) is 5.56 Å². The summed E-state index contributed by atoms with van der Waals surface area (Å²) in [5.74, 6) is 0.570. The van der Waals surface area contributed by atoms with Crippen LogP contribution in [0.3, 0.4) is 0 Å². The number of carbonyl (C=O) groups is 1. The number of sulfonamides is 1. The smallest absolute Gasteiger partial charge is 0.280 e. The SMILES string of the molecule is CNS(=O)(=O)c1ccc2c(c1)CCN2C(=O)c1cc(C(C)C)on1. The molecule has 1 aromatic carbocycles. The van der Waals surface area contributed by atoms with Crippen molar-refractivity contribution in [1.82, 2.24) is 9.88 Å². The lowest BCUT2D eigenvalue weighted by molar-refractivity contribution is 0.0980. The van der Waals surface area contributed by atoms with Gasteiger partial charge in [-0.15, -0.1) is 0 Å². The summed E-state index contributed by atoms with van der Waals surface area (Å²) in [6, 6.07) is 6.42. The molecule has 128 valence electrons. The number of anilines is 1. The van der Waals surface area contributed by atoms with Crippen LogP contribution in [-0.4, -0.2) is 33.1 Å². The molecule has 0 radical (unpaired) electrons. The number of hydrogen-bond acceptors (Lipinski definition) is 5. The molecule has 2 aromatic rings. The van der Waals surface area contributed by atoms with Crippen LogP contribution in [-0.2, 0) is 16.4 Å². The van der Waals surface area contributed by atoms with Crippen molar-refractivity contribution in [1.29, 1.82) is 0 Å². The molecule has 0 bridgehead atoms. The van der Waals surface area contributed by atoms with Gasteiger partial charge in [0.25, 0.3) is 5.91 Å². The Morgan fingerprint density at radius 2 is 2.08 bits per heavy atom. The monoisotopic (exact) mass is 349 g/mol. The van der Waals surface area contributed by atoms with Gasteiger partial charge in [-0.2, -0.15) is 0 Å². The zero-order chi connectivity index (χ0) is 17.5. The predicted molar refractivity (Wildman–Crippen MR) is 88.7 cm³/mol. The molecule has 0 unspecified atom stereocenters. The number of amides is 1. The molecule has 0 atom stereocenters. The quantitative estimate of drug-likeness (QED) is 0.910. The van der Waals surface area contributed by atoms with Crippen LogP contribution >= 0.6 is 0 Å². The second-order valence-corrected chi connectivity index (χ2v) is 7.86. The maximum atomic E-state index is 12.7. The van der Waals surface area contributed by atoms with E-state index in [-0.39, 0.29) is 22.4 Å². The Balaban J connectivity index is 1.90. The highest BCUT2D eigenvalue weighted by Crippen LogP contribution is 2.31. The molecule has 0 saturated carbocycles. The molecule has 0 fully saturated rings. The third kappa shape index (κ3) is 2.83. The van der Waals surface area contributed by atoms with Gasteiger partial charge in [0.05, 0.1) is 4.90 Å². The molecule has 1 aliphatic rings. The maximum absolute atomic E-state index is 12.7. The number of benzene rings is 1. The fourth-order valence-corrected chi connectivity index (χ4v) is 3.45. The topological polar surface area (TPSA) is 92.5 Å². The third-order valence-electron chi connectivity index (χ3n) is 4.09. The van der Waals surface area contributed by atoms with Crippen LogP contribution in [0.1, 0.15) is 41.6 Å². The zero-order valence-electron chi connectivity index (χ0n) is 13.7. The fraction of sp³-hybridized carbons (Fsp3) is 0.375. The standard InChI is InChI=1S/C16H19N3O4S/c1-10(2)15-9-13(18-23-15)16(20)19-7-6-11-8-12(4-5-14(11)19)24(21,22)17-3/h4-5,8-10,17H,6-7H2,1-3H3. The average molecular weight is 349 g/mol. The molecule has 0 saturated heterocycles. The first-order chi connectivity index (χ1) is 11.3. The Morgan fingerprint density at radius 1 is 1.33 bits per heavy atom. The number of carbonyl (C=O) groups excluding carboxylic acids is 1. The van der Waals surface area contributed by atoms with Gasteiger partial charge in [-0.3, -0.25) is 4.79 Å². The lowest BCUT2D eigenvalue weighted by Gasteiger charge is -2.16. The van der Waals surface area contributed by atoms with Gasteiger partial charge in [-0.25, -0.2) is 13.1 Å². The van der Waals surface area contributed by atoms with E-state index in [1.54, 1.807) is 23.1 Å². The van der Waals surface area contributed by atoms with Crippen LogP contribution in [0.2, 0.25) is 0 Å². The highest BCUT2D eigenvalue weighted by molar-refractivity contribution is 7.89. The Kier molecular flexibility index (Phi) is 4.18. The lowest BCUT2D eigenvalue weighted by Crippen LogP contribution is -2.29. The second-order valence-electron chi connectivity index (χ2n) is 5.97. The van der Waals surface area contributed by atoms with Gasteiger partial charge >= 0.3 is 0 Å². The molecule has 1 amide bonds. The molecule has 2 heterocycles. The Hall–Kier alpha value is -2.19. The Labute approximate surface area is 140 Å². The van der Waals surface area contributed by atoms with Gasteiger partial charge in [-0.1, -0.05) is 19.0 Å². The number of aromatic nitrogens is 1. The van der Waals surface area contributed by atoms with E-state index in [4.69, 9.17) is 4.52 Å². The van der Waals surface area contributed by atoms with E-state index in [0.29, 0.717) is 24.4 Å². The number of hydrogen-bond donors (Lipinski definition) is 1. The van der Waals surface area contributed by atoms with Gasteiger partial charge in [0.1, 0.15) is 5.76 Å². The first kappa shape index (κ1) is 16.7. The second kappa shape index (κ2) is 6.03. The van der Waals surface area contributed by atoms with Gasteiger partial charge in [-0.05, 0) is 37.2 Å². The largest absolute Gasteiger partial charge is 0.360 e. The molecule has 1 N–H and O–H groups in total. The molecule has 7 nitrogen and oxygen atoms in total. The minimum Gasteiger partial charge on any atom is -0.360 e. The van der Waals surface area contributed by atoms with Crippen molar-refractivity contribution in [3.8, 4) is 0 Å². The van der Waals surface area contributed by atoms with E-state index < -0.39 is 10.0 Å². The number of fused-ring (bicyclic) bond motifs is 1. The molecular formula is C16H19N3O4S. The van der Waals surface area contributed by atoms with Crippen LogP contribution in [0.25, 0.3) is 0 Å². The minimum absolute atomic E-state index is 0.152. The summed E-state index contributed by atoms with van der Waals surface area (Å²) >= 11 is 0. The van der Waals surface area contributed by atoms with Crippen molar-refractivity contribution in [3.63, 3.8) is 0 Å². The van der Waals surface area contributed by atoms with E-state index in [2.05, 4.69) is 9.88 Å². The number of rotatable bonds is 4. The predicted octanol–water partition coefficient (Wildman–Crippen LogP) is 1.91. The van der Waals surface area contributed by atoms with E-state index in [9.17, 15) is 13.2 Å². The normalized spacial score (nSPS) is 14.2. The summed E-state index contributed by atoms with van der Waals surface area (Å²) in [5.41, 5.74) is 1.80. The van der Waals surface area contributed by atoms with Crippen LogP contribution < -0.4 is 9.62 Å². The highest BCUT2D eigenvalue weighted by Gasteiger charge is 2.29.